The van der Waals surface area contributed by atoms with Gasteiger partial charge in [0.05, 0.1) is 13.2 Å². The molecule has 0 saturated heterocycles. The standard InChI is InChI=1S/C25H29N3O5/c1-7-31-24(29)20-16(5)33-23(21(20)25(30)32-8-2)28-22-19(15(4)26-17(6)27-22)13-18-11-9-14(3)10-12-18/h9-12H,7-8,13H2,1-6H3,(H,26,27,28). The van der Waals surface area contributed by atoms with E-state index in [1.165, 1.54) is 5.56 Å². The number of furan rings is 1. The first-order valence-corrected chi connectivity index (χ1v) is 10.9. The number of anilines is 2. The molecule has 0 radical (unpaired) electrons. The molecule has 1 aromatic carbocycles. The Hall–Kier alpha value is -3.68. The fourth-order valence-electron chi connectivity index (χ4n) is 3.55. The Kier molecular flexibility index (Phi) is 7.48. The number of nitrogens with zero attached hydrogens (tertiary/aromatic N) is 2. The van der Waals surface area contributed by atoms with Gasteiger partial charge in [0.2, 0.25) is 5.88 Å². The van der Waals surface area contributed by atoms with Crippen molar-refractivity contribution in [2.75, 3.05) is 18.5 Å². The molecule has 0 unspecified atom stereocenters. The quantitative estimate of drug-likeness (QED) is 0.478. The van der Waals surface area contributed by atoms with E-state index in [0.717, 1.165) is 16.8 Å². The molecular formula is C25H29N3O5. The van der Waals surface area contributed by atoms with Crippen molar-refractivity contribution in [2.24, 2.45) is 0 Å². The Labute approximate surface area is 193 Å². The first kappa shape index (κ1) is 24.0. The molecule has 33 heavy (non-hydrogen) atoms. The van der Waals surface area contributed by atoms with Crippen LogP contribution in [0.15, 0.2) is 28.7 Å². The summed E-state index contributed by atoms with van der Waals surface area (Å²) in [6, 6.07) is 8.21. The van der Waals surface area contributed by atoms with Crippen molar-refractivity contribution in [3.05, 3.63) is 69.4 Å². The number of rotatable bonds is 8. The summed E-state index contributed by atoms with van der Waals surface area (Å²) >= 11 is 0. The van der Waals surface area contributed by atoms with Crippen molar-refractivity contribution in [1.29, 1.82) is 0 Å². The number of aromatic nitrogens is 2. The topological polar surface area (TPSA) is 104 Å². The zero-order chi connectivity index (χ0) is 24.1. The van der Waals surface area contributed by atoms with E-state index in [0.29, 0.717) is 18.1 Å². The molecule has 3 aromatic rings. The largest absolute Gasteiger partial charge is 0.462 e. The second-order valence-corrected chi connectivity index (χ2v) is 7.65. The van der Waals surface area contributed by atoms with E-state index in [4.69, 9.17) is 13.9 Å². The summed E-state index contributed by atoms with van der Waals surface area (Å²) in [5.41, 5.74) is 3.95. The number of carbonyl (C=O) groups excluding carboxylic acids is 2. The first-order chi connectivity index (χ1) is 15.7. The van der Waals surface area contributed by atoms with Gasteiger partial charge in [-0.2, -0.15) is 0 Å². The minimum Gasteiger partial charge on any atom is -0.462 e. The summed E-state index contributed by atoms with van der Waals surface area (Å²) in [6.07, 6.45) is 0.577. The minimum absolute atomic E-state index is 0.0111. The van der Waals surface area contributed by atoms with Crippen molar-refractivity contribution in [3.8, 4) is 0 Å². The summed E-state index contributed by atoms with van der Waals surface area (Å²) < 4.78 is 16.1. The van der Waals surface area contributed by atoms with E-state index in [-0.39, 0.29) is 36.0 Å². The molecule has 174 valence electrons. The van der Waals surface area contributed by atoms with E-state index in [2.05, 4.69) is 27.4 Å². The zero-order valence-electron chi connectivity index (χ0n) is 19.9. The van der Waals surface area contributed by atoms with Crippen molar-refractivity contribution in [1.82, 2.24) is 9.97 Å². The van der Waals surface area contributed by atoms with Gasteiger partial charge in [0, 0.05) is 17.7 Å². The zero-order valence-corrected chi connectivity index (χ0v) is 19.9. The van der Waals surface area contributed by atoms with Crippen LogP contribution in [0.25, 0.3) is 0 Å². The smallest absolute Gasteiger partial charge is 0.344 e. The Bertz CT molecular complexity index is 1170. The van der Waals surface area contributed by atoms with Gasteiger partial charge in [0.25, 0.3) is 0 Å². The van der Waals surface area contributed by atoms with Crippen LogP contribution in [0.4, 0.5) is 11.7 Å². The van der Waals surface area contributed by atoms with Crippen LogP contribution in [0.3, 0.4) is 0 Å². The molecule has 0 aliphatic rings. The lowest BCUT2D eigenvalue weighted by Gasteiger charge is -2.14. The number of ether oxygens (including phenoxy) is 2. The molecule has 0 spiro atoms. The van der Waals surface area contributed by atoms with Crippen molar-refractivity contribution in [2.45, 2.75) is 48.0 Å². The van der Waals surface area contributed by atoms with E-state index < -0.39 is 11.9 Å². The molecule has 0 aliphatic heterocycles. The average Bonchev–Trinajstić information content (AvgIpc) is 3.08. The van der Waals surface area contributed by atoms with Crippen LogP contribution >= 0.6 is 0 Å². The van der Waals surface area contributed by atoms with E-state index in [1.807, 2.05) is 26.0 Å². The fourth-order valence-corrected chi connectivity index (χ4v) is 3.55. The Morgan fingerprint density at radius 2 is 1.52 bits per heavy atom. The van der Waals surface area contributed by atoms with Crippen LogP contribution < -0.4 is 5.32 Å². The third-order valence-corrected chi connectivity index (χ3v) is 5.10. The first-order valence-electron chi connectivity index (χ1n) is 10.9. The summed E-state index contributed by atoms with van der Waals surface area (Å²) in [7, 11) is 0. The molecule has 2 heterocycles. The van der Waals surface area contributed by atoms with Crippen molar-refractivity contribution in [3.63, 3.8) is 0 Å². The maximum Gasteiger partial charge on any atom is 0.344 e. The van der Waals surface area contributed by atoms with Gasteiger partial charge in [-0.15, -0.1) is 0 Å². The number of carbonyl (C=O) groups is 2. The highest BCUT2D eigenvalue weighted by Crippen LogP contribution is 2.32. The summed E-state index contributed by atoms with van der Waals surface area (Å²) in [4.78, 5) is 34.4. The Balaban J connectivity index is 2.08. The lowest BCUT2D eigenvalue weighted by atomic mass is 10.0. The number of hydrogen-bond acceptors (Lipinski definition) is 8. The maximum absolute atomic E-state index is 12.8. The van der Waals surface area contributed by atoms with Gasteiger partial charge < -0.3 is 19.2 Å². The average molecular weight is 452 g/mol. The number of aryl methyl sites for hydroxylation is 4. The Morgan fingerprint density at radius 1 is 0.909 bits per heavy atom. The highest BCUT2D eigenvalue weighted by molar-refractivity contribution is 6.07. The van der Waals surface area contributed by atoms with Gasteiger partial charge in [-0.25, -0.2) is 19.6 Å². The third kappa shape index (κ3) is 5.39. The third-order valence-electron chi connectivity index (χ3n) is 5.10. The SMILES string of the molecule is CCOC(=O)c1c(C)oc(Nc2nc(C)nc(C)c2Cc2ccc(C)cc2)c1C(=O)OCC. The van der Waals surface area contributed by atoms with Crippen LogP contribution in [0, 0.1) is 27.7 Å². The summed E-state index contributed by atoms with van der Waals surface area (Å²) in [5, 5.41) is 3.13. The van der Waals surface area contributed by atoms with Crippen molar-refractivity contribution >= 4 is 23.6 Å². The molecule has 2 aromatic heterocycles. The predicted octanol–water partition coefficient (Wildman–Crippen LogP) is 4.99. The fraction of sp³-hybridized carbons (Fsp3) is 0.360. The molecule has 0 aliphatic carbocycles. The van der Waals surface area contributed by atoms with Gasteiger partial charge in [-0.05, 0) is 47.1 Å². The second kappa shape index (κ2) is 10.3. The summed E-state index contributed by atoms with van der Waals surface area (Å²) in [5.74, 6) is 0.0648. The van der Waals surface area contributed by atoms with Gasteiger partial charge in [-0.1, -0.05) is 29.8 Å². The highest BCUT2D eigenvalue weighted by atomic mass is 16.5. The molecular weight excluding hydrogens is 422 g/mol. The summed E-state index contributed by atoms with van der Waals surface area (Å²) in [6.45, 7) is 11.0. The second-order valence-electron chi connectivity index (χ2n) is 7.65. The monoisotopic (exact) mass is 451 g/mol. The Morgan fingerprint density at radius 3 is 2.12 bits per heavy atom. The molecule has 8 heteroatoms. The van der Waals surface area contributed by atoms with Gasteiger partial charge in [0.1, 0.15) is 28.5 Å². The maximum atomic E-state index is 12.8. The van der Waals surface area contributed by atoms with E-state index >= 15 is 0 Å². The molecule has 8 nitrogen and oxygen atoms in total. The lowest BCUT2D eigenvalue weighted by molar-refractivity contribution is 0.0480. The molecule has 0 amide bonds. The molecule has 0 fully saturated rings. The molecule has 0 bridgehead atoms. The van der Waals surface area contributed by atoms with Crippen LogP contribution in [0.1, 0.15) is 68.5 Å². The number of hydrogen-bond donors (Lipinski definition) is 1. The van der Waals surface area contributed by atoms with Crippen molar-refractivity contribution < 1.29 is 23.5 Å². The van der Waals surface area contributed by atoms with Gasteiger partial charge in [0.15, 0.2) is 0 Å². The predicted molar refractivity (Wildman–Crippen MR) is 124 cm³/mol. The van der Waals surface area contributed by atoms with Crippen LogP contribution in [0.2, 0.25) is 0 Å². The molecule has 3 rings (SSSR count). The molecule has 0 saturated carbocycles. The normalized spacial score (nSPS) is 10.7. The van der Waals surface area contributed by atoms with Gasteiger partial charge >= 0.3 is 11.9 Å². The minimum atomic E-state index is -0.678. The van der Waals surface area contributed by atoms with Gasteiger partial charge in [-0.3, -0.25) is 0 Å². The van der Waals surface area contributed by atoms with E-state index in [9.17, 15) is 9.59 Å². The van der Waals surface area contributed by atoms with Crippen LogP contribution in [-0.4, -0.2) is 35.1 Å². The van der Waals surface area contributed by atoms with Crippen LogP contribution in [0.5, 0.6) is 0 Å². The number of esters is 2. The molecule has 0 atom stereocenters. The lowest BCUT2D eigenvalue weighted by Crippen LogP contribution is -2.15. The number of nitrogens with one attached hydrogen (secondary N) is 1. The van der Waals surface area contributed by atoms with E-state index in [1.54, 1.807) is 27.7 Å². The number of benzene rings is 1. The van der Waals surface area contributed by atoms with Crippen LogP contribution in [-0.2, 0) is 15.9 Å². The highest BCUT2D eigenvalue weighted by Gasteiger charge is 2.31. The molecule has 1 N–H and O–H groups in total.